The molecule has 0 aromatic heterocycles. The maximum atomic E-state index is 13.6. The number of aryl methyl sites for hydroxylation is 1. The van der Waals surface area contributed by atoms with Gasteiger partial charge < -0.3 is 15.1 Å². The molecule has 0 spiro atoms. The van der Waals surface area contributed by atoms with Crippen LogP contribution in [0.5, 0.6) is 0 Å². The second kappa shape index (κ2) is 13.1. The molecule has 2 saturated heterocycles. The summed E-state index contributed by atoms with van der Waals surface area (Å²) in [6, 6.07) is 19.0. The standard InChI is InChI=1S/C30H37N5O3/c1-3-13-26-29(37)32(20-12-11-16-24-14-7-5-8-15-24)22-27-34(26)28(36)23-33(19-4-2)35(27)30(38)31-21-25-17-9-6-10-18-25/h2,5-10,14-15,17-18,26-27H,3,11-13,16,19-23H2,1H3,(H,31,38)/t26-,27-/m0/s1. The van der Waals surface area contributed by atoms with Crippen LogP contribution in [0.3, 0.4) is 0 Å². The van der Waals surface area contributed by atoms with Crippen molar-refractivity contribution in [2.75, 3.05) is 26.2 Å². The minimum Gasteiger partial charge on any atom is -0.337 e. The molecule has 4 amide bonds. The molecule has 8 heteroatoms. The number of urea groups is 1. The van der Waals surface area contributed by atoms with E-state index < -0.39 is 12.2 Å². The van der Waals surface area contributed by atoms with Gasteiger partial charge in [0, 0.05) is 13.1 Å². The first-order valence-corrected chi connectivity index (χ1v) is 13.5. The van der Waals surface area contributed by atoms with E-state index in [1.165, 1.54) is 5.56 Å². The van der Waals surface area contributed by atoms with Gasteiger partial charge in [-0.3, -0.25) is 9.59 Å². The largest absolute Gasteiger partial charge is 0.337 e. The van der Waals surface area contributed by atoms with E-state index in [1.54, 1.807) is 14.9 Å². The van der Waals surface area contributed by atoms with Crippen molar-refractivity contribution in [3.05, 3.63) is 71.8 Å². The van der Waals surface area contributed by atoms with Gasteiger partial charge in [-0.05, 0) is 36.8 Å². The maximum Gasteiger partial charge on any atom is 0.334 e. The van der Waals surface area contributed by atoms with E-state index in [-0.39, 0.29) is 37.5 Å². The van der Waals surface area contributed by atoms with E-state index in [1.807, 2.05) is 60.4 Å². The molecule has 2 fully saturated rings. The molecule has 2 aromatic rings. The summed E-state index contributed by atoms with van der Waals surface area (Å²) in [6.07, 6.45) is 9.05. The van der Waals surface area contributed by atoms with Gasteiger partial charge in [0.2, 0.25) is 11.8 Å². The van der Waals surface area contributed by atoms with Crippen LogP contribution in [-0.4, -0.2) is 76.0 Å². The number of terminal acetylenes is 1. The molecule has 8 nitrogen and oxygen atoms in total. The summed E-state index contributed by atoms with van der Waals surface area (Å²) in [7, 11) is 0. The molecule has 0 saturated carbocycles. The topological polar surface area (TPSA) is 76.2 Å². The molecule has 2 aromatic carbocycles. The van der Waals surface area contributed by atoms with Crippen LogP contribution in [0.15, 0.2) is 60.7 Å². The first kappa shape index (κ1) is 27.2. The van der Waals surface area contributed by atoms with Crippen LogP contribution in [0.2, 0.25) is 0 Å². The van der Waals surface area contributed by atoms with Crippen molar-refractivity contribution in [2.45, 2.75) is 57.8 Å². The van der Waals surface area contributed by atoms with Crippen molar-refractivity contribution in [3.63, 3.8) is 0 Å². The lowest BCUT2D eigenvalue weighted by Crippen LogP contribution is -2.76. The summed E-state index contributed by atoms with van der Waals surface area (Å²) in [5.41, 5.74) is 2.24. The van der Waals surface area contributed by atoms with Crippen LogP contribution >= 0.6 is 0 Å². The Morgan fingerprint density at radius 1 is 1.03 bits per heavy atom. The smallest absolute Gasteiger partial charge is 0.334 e. The summed E-state index contributed by atoms with van der Waals surface area (Å²) >= 11 is 0. The second-order valence-corrected chi connectivity index (χ2v) is 9.83. The average Bonchev–Trinajstić information content (AvgIpc) is 2.93. The van der Waals surface area contributed by atoms with Gasteiger partial charge in [-0.1, -0.05) is 79.9 Å². The third-order valence-electron chi connectivity index (χ3n) is 7.15. The summed E-state index contributed by atoms with van der Waals surface area (Å²) in [5, 5.41) is 6.17. The molecule has 0 bridgehead atoms. The number of nitrogens with one attached hydrogen (secondary N) is 1. The van der Waals surface area contributed by atoms with Crippen LogP contribution in [0.4, 0.5) is 4.79 Å². The van der Waals surface area contributed by atoms with E-state index in [4.69, 9.17) is 6.42 Å². The Kier molecular flexibility index (Phi) is 9.39. The number of carbonyl (C=O) groups excluding carboxylic acids is 3. The van der Waals surface area contributed by atoms with Crippen molar-refractivity contribution in [3.8, 4) is 12.3 Å². The monoisotopic (exact) mass is 515 g/mol. The van der Waals surface area contributed by atoms with Crippen LogP contribution in [0, 0.1) is 12.3 Å². The molecule has 200 valence electrons. The fraction of sp³-hybridized carbons (Fsp3) is 0.433. The number of benzene rings is 2. The fourth-order valence-electron chi connectivity index (χ4n) is 5.32. The molecule has 0 radical (unpaired) electrons. The summed E-state index contributed by atoms with van der Waals surface area (Å²) in [6.45, 7) is 3.28. The molecule has 2 aliphatic rings. The Morgan fingerprint density at radius 3 is 2.37 bits per heavy atom. The highest BCUT2D eigenvalue weighted by Gasteiger charge is 2.50. The number of amides is 4. The molecule has 38 heavy (non-hydrogen) atoms. The number of hydrazine groups is 1. The van der Waals surface area contributed by atoms with Crippen LogP contribution in [0.1, 0.15) is 43.7 Å². The second-order valence-electron chi connectivity index (χ2n) is 9.83. The van der Waals surface area contributed by atoms with Gasteiger partial charge in [0.1, 0.15) is 12.2 Å². The average molecular weight is 516 g/mol. The van der Waals surface area contributed by atoms with Crippen molar-refractivity contribution < 1.29 is 14.4 Å². The predicted octanol–water partition coefficient (Wildman–Crippen LogP) is 3.25. The highest BCUT2D eigenvalue weighted by atomic mass is 16.2. The lowest BCUT2D eigenvalue weighted by molar-refractivity contribution is -0.189. The number of nitrogens with zero attached hydrogens (tertiary/aromatic N) is 4. The van der Waals surface area contributed by atoms with Gasteiger partial charge in [-0.2, -0.15) is 5.01 Å². The molecule has 0 aliphatic carbocycles. The zero-order valence-corrected chi connectivity index (χ0v) is 22.1. The number of fused-ring (bicyclic) bond motifs is 1. The zero-order chi connectivity index (χ0) is 26.9. The van der Waals surface area contributed by atoms with Crippen molar-refractivity contribution >= 4 is 17.8 Å². The van der Waals surface area contributed by atoms with Crippen molar-refractivity contribution in [1.82, 2.24) is 25.1 Å². The Hall–Kier alpha value is -3.83. The molecular formula is C30H37N5O3. The normalized spacial score (nSPS) is 19.7. The van der Waals surface area contributed by atoms with Gasteiger partial charge in [-0.15, -0.1) is 6.42 Å². The third kappa shape index (κ3) is 6.35. The van der Waals surface area contributed by atoms with E-state index in [0.717, 1.165) is 31.2 Å². The molecule has 4 rings (SSSR count). The Bertz CT molecular complexity index is 1130. The lowest BCUT2D eigenvalue weighted by Gasteiger charge is -2.55. The molecule has 2 aliphatic heterocycles. The number of hydrogen-bond acceptors (Lipinski definition) is 4. The fourth-order valence-corrected chi connectivity index (χ4v) is 5.32. The Morgan fingerprint density at radius 2 is 1.71 bits per heavy atom. The van der Waals surface area contributed by atoms with Crippen LogP contribution in [-0.2, 0) is 22.6 Å². The van der Waals surface area contributed by atoms with E-state index in [0.29, 0.717) is 19.5 Å². The van der Waals surface area contributed by atoms with Gasteiger partial charge in [0.15, 0.2) is 0 Å². The SMILES string of the molecule is C#CCN1CC(=O)N2[C@@H](CCC)C(=O)N(CCCCc3ccccc3)C[C@@H]2N1C(=O)NCc1ccccc1. The third-order valence-corrected chi connectivity index (χ3v) is 7.15. The van der Waals surface area contributed by atoms with Crippen LogP contribution < -0.4 is 5.32 Å². The minimum absolute atomic E-state index is 0.0359. The van der Waals surface area contributed by atoms with Crippen molar-refractivity contribution in [1.29, 1.82) is 0 Å². The van der Waals surface area contributed by atoms with Gasteiger partial charge in [0.05, 0.1) is 19.6 Å². The first-order chi connectivity index (χ1) is 18.5. The Labute approximate surface area is 225 Å². The molecule has 2 atom stereocenters. The minimum atomic E-state index is -0.608. The summed E-state index contributed by atoms with van der Waals surface area (Å²) in [4.78, 5) is 43.9. The first-order valence-electron chi connectivity index (χ1n) is 13.5. The van der Waals surface area contributed by atoms with Crippen molar-refractivity contribution in [2.24, 2.45) is 0 Å². The van der Waals surface area contributed by atoms with E-state index in [9.17, 15) is 14.4 Å². The number of rotatable bonds is 10. The molecular weight excluding hydrogens is 478 g/mol. The maximum absolute atomic E-state index is 13.6. The Balaban J connectivity index is 1.51. The number of hydrogen-bond donors (Lipinski definition) is 1. The molecule has 0 unspecified atom stereocenters. The van der Waals surface area contributed by atoms with E-state index in [2.05, 4.69) is 23.4 Å². The highest BCUT2D eigenvalue weighted by Crippen LogP contribution is 2.28. The highest BCUT2D eigenvalue weighted by molar-refractivity contribution is 5.91. The number of unbranched alkanes of at least 4 members (excludes halogenated alkanes) is 1. The van der Waals surface area contributed by atoms with Crippen LogP contribution in [0.25, 0.3) is 0 Å². The quantitative estimate of drug-likeness (QED) is 0.389. The van der Waals surface area contributed by atoms with Gasteiger partial charge in [-0.25, -0.2) is 9.80 Å². The van der Waals surface area contributed by atoms with Gasteiger partial charge >= 0.3 is 6.03 Å². The van der Waals surface area contributed by atoms with E-state index >= 15 is 0 Å². The predicted molar refractivity (Wildman–Crippen MR) is 146 cm³/mol. The molecule has 2 heterocycles. The lowest BCUT2D eigenvalue weighted by atomic mass is 10.0. The summed E-state index contributed by atoms with van der Waals surface area (Å²) in [5.74, 6) is 2.37. The summed E-state index contributed by atoms with van der Waals surface area (Å²) < 4.78 is 0. The zero-order valence-electron chi connectivity index (χ0n) is 22.1. The van der Waals surface area contributed by atoms with Gasteiger partial charge in [0.25, 0.3) is 0 Å². The number of piperazine rings is 1. The number of carbonyl (C=O) groups is 3. The molecule has 1 N–H and O–H groups in total.